The molecule has 0 bridgehead atoms. The summed E-state index contributed by atoms with van der Waals surface area (Å²) in [5.74, 6) is 1.56. The predicted molar refractivity (Wildman–Crippen MR) is 80.6 cm³/mol. The molecule has 110 valence electrons. The zero-order chi connectivity index (χ0) is 13.2. The third-order valence-corrected chi connectivity index (χ3v) is 4.13. The second-order valence-corrected chi connectivity index (χ2v) is 5.40. The number of hydrogen-bond acceptors (Lipinski definition) is 3. The van der Waals surface area contributed by atoms with Crippen molar-refractivity contribution in [2.45, 2.75) is 19.4 Å². The molecule has 0 saturated carbocycles. The lowest BCUT2D eigenvalue weighted by molar-refractivity contribution is 0.0740. The maximum atomic E-state index is 12.4. The molecule has 5 heteroatoms. The minimum atomic E-state index is 0. The first-order valence-electron chi connectivity index (χ1n) is 6.95. The smallest absolute Gasteiger partial charge is 0.254 e. The van der Waals surface area contributed by atoms with Crippen molar-refractivity contribution >= 4 is 18.3 Å². The van der Waals surface area contributed by atoms with Gasteiger partial charge in [0.25, 0.3) is 5.91 Å². The van der Waals surface area contributed by atoms with Crippen LogP contribution >= 0.6 is 12.4 Å². The Balaban J connectivity index is 0.00000147. The fraction of sp³-hybridized carbons (Fsp3) is 0.533. The Morgan fingerprint density at radius 3 is 2.80 bits per heavy atom. The summed E-state index contributed by atoms with van der Waals surface area (Å²) in [7, 11) is 1.63. The van der Waals surface area contributed by atoms with Crippen molar-refractivity contribution in [2.75, 3.05) is 26.7 Å². The molecule has 0 radical (unpaired) electrons. The second-order valence-electron chi connectivity index (χ2n) is 5.40. The summed E-state index contributed by atoms with van der Waals surface area (Å²) in [6.45, 7) is 3.79. The first-order chi connectivity index (χ1) is 9.28. The van der Waals surface area contributed by atoms with Crippen LogP contribution in [0.2, 0.25) is 0 Å². The van der Waals surface area contributed by atoms with Gasteiger partial charge in [0.05, 0.1) is 7.11 Å². The van der Waals surface area contributed by atoms with E-state index in [-0.39, 0.29) is 18.3 Å². The fourth-order valence-corrected chi connectivity index (χ4v) is 2.99. The quantitative estimate of drug-likeness (QED) is 0.928. The Morgan fingerprint density at radius 1 is 1.35 bits per heavy atom. The van der Waals surface area contributed by atoms with Crippen molar-refractivity contribution in [1.29, 1.82) is 0 Å². The highest BCUT2D eigenvalue weighted by Gasteiger charge is 2.29. The van der Waals surface area contributed by atoms with Crippen molar-refractivity contribution in [3.8, 4) is 5.75 Å². The third kappa shape index (κ3) is 2.91. The summed E-state index contributed by atoms with van der Waals surface area (Å²) in [6, 6.07) is 5.80. The van der Waals surface area contributed by atoms with E-state index in [1.54, 1.807) is 7.11 Å². The third-order valence-electron chi connectivity index (χ3n) is 4.13. The minimum absolute atomic E-state index is 0. The molecule has 0 atom stereocenters. The first kappa shape index (κ1) is 15.1. The van der Waals surface area contributed by atoms with Crippen LogP contribution in [0, 0.1) is 5.92 Å². The van der Waals surface area contributed by atoms with Crippen LogP contribution in [0.3, 0.4) is 0 Å². The van der Waals surface area contributed by atoms with Crippen LogP contribution in [0.1, 0.15) is 28.8 Å². The summed E-state index contributed by atoms with van der Waals surface area (Å²) in [5.41, 5.74) is 1.94. The molecule has 3 rings (SSSR count). The van der Waals surface area contributed by atoms with Crippen LogP contribution in [-0.4, -0.2) is 37.6 Å². The Bertz CT molecular complexity index is 487. The number of rotatable bonds is 3. The van der Waals surface area contributed by atoms with E-state index < -0.39 is 0 Å². The first-order valence-corrected chi connectivity index (χ1v) is 6.95. The van der Waals surface area contributed by atoms with Gasteiger partial charge in [-0.25, -0.2) is 0 Å². The zero-order valence-electron chi connectivity index (χ0n) is 11.7. The molecule has 1 saturated heterocycles. The number of piperidine rings is 1. The number of benzene rings is 1. The molecule has 1 aromatic rings. The van der Waals surface area contributed by atoms with Crippen molar-refractivity contribution in [3.63, 3.8) is 0 Å². The van der Waals surface area contributed by atoms with E-state index in [9.17, 15) is 4.79 Å². The van der Waals surface area contributed by atoms with Gasteiger partial charge in [0.1, 0.15) is 5.75 Å². The van der Waals surface area contributed by atoms with Crippen molar-refractivity contribution in [2.24, 2.45) is 5.92 Å². The van der Waals surface area contributed by atoms with Crippen LogP contribution in [-0.2, 0) is 6.54 Å². The molecule has 0 spiro atoms. The Labute approximate surface area is 125 Å². The fourth-order valence-electron chi connectivity index (χ4n) is 2.99. The van der Waals surface area contributed by atoms with Crippen LogP contribution in [0.25, 0.3) is 0 Å². The van der Waals surface area contributed by atoms with Gasteiger partial charge in [-0.1, -0.05) is 6.07 Å². The Kier molecular flexibility index (Phi) is 4.89. The maximum absolute atomic E-state index is 12.4. The van der Waals surface area contributed by atoms with E-state index in [4.69, 9.17) is 4.74 Å². The normalized spacial score (nSPS) is 18.6. The molecule has 20 heavy (non-hydrogen) atoms. The van der Waals surface area contributed by atoms with Crippen molar-refractivity contribution in [1.82, 2.24) is 10.2 Å². The van der Waals surface area contributed by atoms with Crippen molar-refractivity contribution < 1.29 is 9.53 Å². The molecule has 1 amide bonds. The number of carbonyl (C=O) groups excluding carboxylic acids is 1. The van der Waals surface area contributed by atoms with Gasteiger partial charge in [0.2, 0.25) is 0 Å². The van der Waals surface area contributed by atoms with E-state index >= 15 is 0 Å². The lowest BCUT2D eigenvalue weighted by Crippen LogP contribution is -2.36. The minimum Gasteiger partial charge on any atom is -0.497 e. The number of halogens is 1. The highest BCUT2D eigenvalue weighted by Crippen LogP contribution is 2.28. The van der Waals surface area contributed by atoms with Crippen LogP contribution in [0.5, 0.6) is 5.75 Å². The molecule has 2 aliphatic rings. The topological polar surface area (TPSA) is 41.6 Å². The lowest BCUT2D eigenvalue weighted by Gasteiger charge is -2.27. The highest BCUT2D eigenvalue weighted by atomic mass is 35.5. The summed E-state index contributed by atoms with van der Waals surface area (Å²) >= 11 is 0. The standard InChI is InChI=1S/C15H20N2O2.ClH/c1-19-13-3-2-12-10-17(15(18)14(12)8-13)9-11-4-6-16-7-5-11;/h2-3,8,11,16H,4-7,9-10H2,1H3;1H. The van der Waals surface area contributed by atoms with Gasteiger partial charge in [-0.3, -0.25) is 4.79 Å². The molecular formula is C15H21ClN2O2. The van der Waals surface area contributed by atoms with E-state index in [1.165, 1.54) is 12.8 Å². The SMILES string of the molecule is COc1ccc2c(c1)C(=O)N(CC1CCNCC1)C2.Cl. The van der Waals surface area contributed by atoms with Crippen LogP contribution < -0.4 is 10.1 Å². The average Bonchev–Trinajstić information content (AvgIpc) is 2.76. The number of nitrogens with zero attached hydrogens (tertiary/aromatic N) is 1. The van der Waals surface area contributed by atoms with E-state index in [0.29, 0.717) is 5.92 Å². The van der Waals surface area contributed by atoms with E-state index in [0.717, 1.165) is 43.1 Å². The number of ether oxygens (including phenoxy) is 1. The number of amides is 1. The molecule has 2 heterocycles. The number of carbonyl (C=O) groups is 1. The van der Waals surface area contributed by atoms with Crippen LogP contribution in [0.15, 0.2) is 18.2 Å². The second kappa shape index (κ2) is 6.46. The van der Waals surface area contributed by atoms with Gasteiger partial charge in [0, 0.05) is 18.7 Å². The summed E-state index contributed by atoms with van der Waals surface area (Å²) in [6.07, 6.45) is 2.34. The average molecular weight is 297 g/mol. The Morgan fingerprint density at radius 2 is 2.10 bits per heavy atom. The lowest BCUT2D eigenvalue weighted by atomic mass is 9.98. The largest absolute Gasteiger partial charge is 0.497 e. The molecule has 0 aromatic heterocycles. The number of fused-ring (bicyclic) bond motifs is 1. The zero-order valence-corrected chi connectivity index (χ0v) is 12.5. The van der Waals surface area contributed by atoms with E-state index in [2.05, 4.69) is 5.32 Å². The van der Waals surface area contributed by atoms with Gasteiger partial charge < -0.3 is 15.0 Å². The Hall–Kier alpha value is -1.26. The summed E-state index contributed by atoms with van der Waals surface area (Å²) in [5, 5.41) is 3.36. The molecular weight excluding hydrogens is 276 g/mol. The number of nitrogens with one attached hydrogen (secondary N) is 1. The van der Waals surface area contributed by atoms with Gasteiger partial charge >= 0.3 is 0 Å². The summed E-state index contributed by atoms with van der Waals surface area (Å²) in [4.78, 5) is 14.4. The highest BCUT2D eigenvalue weighted by molar-refractivity contribution is 5.98. The van der Waals surface area contributed by atoms with Gasteiger partial charge in [0.15, 0.2) is 0 Å². The molecule has 0 aliphatic carbocycles. The molecule has 1 aromatic carbocycles. The van der Waals surface area contributed by atoms with Gasteiger partial charge in [-0.2, -0.15) is 0 Å². The number of hydrogen-bond donors (Lipinski definition) is 1. The monoisotopic (exact) mass is 296 g/mol. The maximum Gasteiger partial charge on any atom is 0.254 e. The molecule has 1 fully saturated rings. The predicted octanol–water partition coefficient (Wildman–Crippen LogP) is 2.07. The number of methoxy groups -OCH3 is 1. The van der Waals surface area contributed by atoms with Gasteiger partial charge in [-0.05, 0) is 49.5 Å². The van der Waals surface area contributed by atoms with E-state index in [1.807, 2.05) is 23.1 Å². The molecule has 2 aliphatic heterocycles. The van der Waals surface area contributed by atoms with Crippen LogP contribution in [0.4, 0.5) is 0 Å². The molecule has 1 N–H and O–H groups in total. The molecule has 0 unspecified atom stereocenters. The van der Waals surface area contributed by atoms with Gasteiger partial charge in [-0.15, -0.1) is 12.4 Å². The van der Waals surface area contributed by atoms with Crippen molar-refractivity contribution in [3.05, 3.63) is 29.3 Å². The summed E-state index contributed by atoms with van der Waals surface area (Å²) < 4.78 is 5.19. The molecule has 4 nitrogen and oxygen atoms in total.